The third-order valence-electron chi connectivity index (χ3n) is 8.87. The molecule has 0 bridgehead atoms. The van der Waals surface area contributed by atoms with Crippen molar-refractivity contribution < 1.29 is 24.9 Å². The maximum absolute atomic E-state index is 12.4. The molecule has 7 atom stereocenters. The molecule has 0 aliphatic heterocycles. The second-order valence-electron chi connectivity index (χ2n) is 10.2. The number of aliphatic hydroxyl groups excluding tert-OH is 2. The first-order chi connectivity index (χ1) is 13.7. The monoisotopic (exact) mass is 403 g/mol. The number of Topliss-reactive ketones (excluding diaryl/α,β-unsaturated/α-hetero) is 1. The van der Waals surface area contributed by atoms with Gasteiger partial charge < -0.3 is 15.3 Å². The number of carboxylic acids is 1. The quantitative estimate of drug-likeness (QED) is 0.669. The zero-order chi connectivity index (χ0) is 21.0. The van der Waals surface area contributed by atoms with E-state index in [0.29, 0.717) is 18.3 Å². The number of carbonyl (C=O) groups excluding carboxylic acids is 1. The van der Waals surface area contributed by atoms with Gasteiger partial charge >= 0.3 is 5.97 Å². The standard InChI is InChI=1S/C23H33NO5/c1-22-8-7-14(24-11-20(28)29)9-13(22)3-4-15-16-5-6-17(19(27)12-25)23(16,2)10-18(26)21(15)22/h9,15-18,21,25-26H,3-8,10-12H2,1-2H3,(H,28,29)/t15-,16-,17+,18-,21+,22-,23-/m0/s1. The average molecular weight is 404 g/mol. The first-order valence-electron chi connectivity index (χ1n) is 11.0. The van der Waals surface area contributed by atoms with Crippen molar-refractivity contribution in [3.63, 3.8) is 0 Å². The molecule has 0 saturated heterocycles. The predicted octanol–water partition coefficient (Wildman–Crippen LogP) is 2.62. The molecule has 0 aromatic heterocycles. The van der Waals surface area contributed by atoms with Gasteiger partial charge in [-0.25, -0.2) is 0 Å². The van der Waals surface area contributed by atoms with Crippen LogP contribution in [0.25, 0.3) is 0 Å². The minimum absolute atomic E-state index is 0.0693. The van der Waals surface area contributed by atoms with Gasteiger partial charge in [0.15, 0.2) is 5.78 Å². The van der Waals surface area contributed by atoms with Gasteiger partial charge in [-0.05, 0) is 79.6 Å². The van der Waals surface area contributed by atoms with Crippen molar-refractivity contribution >= 4 is 17.5 Å². The fourth-order valence-electron chi connectivity index (χ4n) is 7.63. The Morgan fingerprint density at radius 3 is 2.66 bits per heavy atom. The van der Waals surface area contributed by atoms with Gasteiger partial charge in [0.25, 0.3) is 0 Å². The molecule has 0 radical (unpaired) electrons. The number of hydrogen-bond donors (Lipinski definition) is 3. The minimum Gasteiger partial charge on any atom is -0.480 e. The van der Waals surface area contributed by atoms with Crippen molar-refractivity contribution in [1.29, 1.82) is 0 Å². The Bertz CT molecular complexity index is 773. The summed E-state index contributed by atoms with van der Waals surface area (Å²) >= 11 is 0. The number of nitrogens with zero attached hydrogens (tertiary/aromatic N) is 1. The van der Waals surface area contributed by atoms with Gasteiger partial charge in [0.05, 0.1) is 6.10 Å². The summed E-state index contributed by atoms with van der Waals surface area (Å²) in [5.41, 5.74) is 1.85. The van der Waals surface area contributed by atoms with Crippen molar-refractivity contribution in [2.45, 2.75) is 64.9 Å². The summed E-state index contributed by atoms with van der Waals surface area (Å²) in [6.45, 7) is 3.83. The second kappa shape index (κ2) is 7.31. The number of carboxylic acid groups (broad SMARTS) is 1. The SMILES string of the molecule is C[C@]12C[C@H](O)[C@H]3[C@@H](CCC4=CC(=NCC(=O)O)CC[C@@]43C)[C@@H]1CC[C@@H]2C(=O)CO. The molecule has 6 heteroatoms. The summed E-state index contributed by atoms with van der Waals surface area (Å²) in [6.07, 6.45) is 7.66. The summed E-state index contributed by atoms with van der Waals surface area (Å²) in [4.78, 5) is 27.5. The lowest BCUT2D eigenvalue weighted by Crippen LogP contribution is -2.57. The lowest BCUT2D eigenvalue weighted by Gasteiger charge is -2.59. The van der Waals surface area contributed by atoms with Crippen LogP contribution in [0.2, 0.25) is 0 Å². The average Bonchev–Trinajstić information content (AvgIpc) is 3.01. The van der Waals surface area contributed by atoms with Gasteiger partial charge in [-0.15, -0.1) is 0 Å². The summed E-state index contributed by atoms with van der Waals surface area (Å²) in [5, 5.41) is 29.7. The highest BCUT2D eigenvalue weighted by molar-refractivity contribution is 5.97. The first kappa shape index (κ1) is 20.7. The summed E-state index contributed by atoms with van der Waals surface area (Å²) in [6, 6.07) is 0. The normalized spacial score (nSPS) is 45.2. The predicted molar refractivity (Wildman–Crippen MR) is 109 cm³/mol. The maximum Gasteiger partial charge on any atom is 0.325 e. The maximum atomic E-state index is 12.4. The number of carbonyl (C=O) groups is 2. The number of aliphatic hydroxyl groups is 2. The molecular weight excluding hydrogens is 370 g/mol. The third kappa shape index (κ3) is 3.19. The Kier molecular flexibility index (Phi) is 5.23. The van der Waals surface area contributed by atoms with Crippen molar-refractivity contribution in [2.24, 2.45) is 39.5 Å². The molecular formula is C23H33NO5. The summed E-state index contributed by atoms with van der Waals surface area (Å²) in [5.74, 6) is -0.149. The molecule has 3 saturated carbocycles. The highest BCUT2D eigenvalue weighted by Crippen LogP contribution is 2.66. The van der Waals surface area contributed by atoms with Crippen LogP contribution < -0.4 is 0 Å². The molecule has 3 fully saturated rings. The van der Waals surface area contributed by atoms with Crippen LogP contribution >= 0.6 is 0 Å². The van der Waals surface area contributed by atoms with Crippen LogP contribution in [0.3, 0.4) is 0 Å². The molecule has 29 heavy (non-hydrogen) atoms. The van der Waals surface area contributed by atoms with Gasteiger partial charge in [0.1, 0.15) is 13.2 Å². The van der Waals surface area contributed by atoms with E-state index in [1.165, 1.54) is 5.57 Å². The van der Waals surface area contributed by atoms with Gasteiger partial charge in [0.2, 0.25) is 0 Å². The number of aliphatic imine (C=N–C) groups is 1. The number of rotatable bonds is 4. The lowest BCUT2D eigenvalue weighted by molar-refractivity contribution is -0.144. The molecule has 0 aromatic rings. The van der Waals surface area contributed by atoms with E-state index in [1.54, 1.807) is 0 Å². The first-order valence-corrected chi connectivity index (χ1v) is 11.0. The van der Waals surface area contributed by atoms with Crippen molar-refractivity contribution in [3.8, 4) is 0 Å². The van der Waals surface area contributed by atoms with Gasteiger partial charge in [0, 0.05) is 11.6 Å². The van der Waals surface area contributed by atoms with E-state index in [2.05, 4.69) is 24.9 Å². The molecule has 4 aliphatic carbocycles. The van der Waals surface area contributed by atoms with Crippen LogP contribution in [-0.4, -0.2) is 52.0 Å². The Labute approximate surface area is 172 Å². The van der Waals surface area contributed by atoms with Gasteiger partial charge in [-0.1, -0.05) is 19.4 Å². The van der Waals surface area contributed by atoms with E-state index in [0.717, 1.165) is 44.2 Å². The zero-order valence-corrected chi connectivity index (χ0v) is 17.4. The molecule has 3 N–H and O–H groups in total. The van der Waals surface area contributed by atoms with Crippen molar-refractivity contribution in [3.05, 3.63) is 11.6 Å². The van der Waals surface area contributed by atoms with Gasteiger partial charge in [-0.2, -0.15) is 0 Å². The van der Waals surface area contributed by atoms with E-state index < -0.39 is 18.7 Å². The van der Waals surface area contributed by atoms with Crippen LogP contribution in [0.4, 0.5) is 0 Å². The van der Waals surface area contributed by atoms with E-state index in [4.69, 9.17) is 5.11 Å². The van der Waals surface area contributed by atoms with Crippen LogP contribution in [-0.2, 0) is 9.59 Å². The second-order valence-corrected chi connectivity index (χ2v) is 10.2. The van der Waals surface area contributed by atoms with E-state index in [-0.39, 0.29) is 35.0 Å². The molecule has 0 unspecified atom stereocenters. The zero-order valence-electron chi connectivity index (χ0n) is 17.4. The summed E-state index contributed by atoms with van der Waals surface area (Å²) < 4.78 is 0. The number of aliphatic carboxylic acids is 1. The van der Waals surface area contributed by atoms with Crippen LogP contribution in [0.5, 0.6) is 0 Å². The molecule has 0 aromatic carbocycles. The molecule has 0 amide bonds. The topological polar surface area (TPSA) is 107 Å². The molecule has 0 spiro atoms. The largest absolute Gasteiger partial charge is 0.480 e. The highest BCUT2D eigenvalue weighted by atomic mass is 16.4. The number of hydrogen-bond acceptors (Lipinski definition) is 5. The van der Waals surface area contributed by atoms with E-state index >= 15 is 0 Å². The third-order valence-corrected chi connectivity index (χ3v) is 8.87. The Hall–Kier alpha value is -1.53. The van der Waals surface area contributed by atoms with Gasteiger partial charge in [-0.3, -0.25) is 14.6 Å². The van der Waals surface area contributed by atoms with Crippen LogP contribution in [0.1, 0.15) is 58.8 Å². The fourth-order valence-corrected chi connectivity index (χ4v) is 7.63. The van der Waals surface area contributed by atoms with Crippen molar-refractivity contribution in [1.82, 2.24) is 0 Å². The molecule has 6 nitrogen and oxygen atoms in total. The van der Waals surface area contributed by atoms with E-state index in [1.807, 2.05) is 0 Å². The smallest absolute Gasteiger partial charge is 0.325 e. The van der Waals surface area contributed by atoms with Crippen LogP contribution in [0, 0.1) is 34.5 Å². The number of ketones is 1. The highest BCUT2D eigenvalue weighted by Gasteiger charge is 2.62. The Balaban J connectivity index is 1.63. The Morgan fingerprint density at radius 1 is 1.21 bits per heavy atom. The molecule has 4 aliphatic rings. The number of fused-ring (bicyclic) bond motifs is 5. The van der Waals surface area contributed by atoms with Crippen molar-refractivity contribution in [2.75, 3.05) is 13.2 Å². The molecule has 0 heterocycles. The fraction of sp³-hybridized carbons (Fsp3) is 0.783. The lowest BCUT2D eigenvalue weighted by atomic mass is 9.46. The van der Waals surface area contributed by atoms with Crippen LogP contribution in [0.15, 0.2) is 16.6 Å². The minimum atomic E-state index is -0.914. The molecule has 4 rings (SSSR count). The van der Waals surface area contributed by atoms with E-state index in [9.17, 15) is 19.8 Å². The number of allylic oxidation sites excluding steroid dienone is 2. The Morgan fingerprint density at radius 2 is 1.97 bits per heavy atom. The molecule has 160 valence electrons. The summed E-state index contributed by atoms with van der Waals surface area (Å²) in [7, 11) is 0.